The molecule has 0 bridgehead atoms. The molecule has 0 aromatic rings. The van der Waals surface area contributed by atoms with Crippen LogP contribution in [0, 0.1) is 0 Å². The van der Waals surface area contributed by atoms with Crippen molar-refractivity contribution in [2.24, 2.45) is 0 Å². The molecule has 0 aromatic carbocycles. The van der Waals surface area contributed by atoms with Gasteiger partial charge in [-0.15, -0.1) is 0 Å². The fraction of sp³-hybridized carbons (Fsp3) is 0.852. The number of aliphatic hydroxyl groups excluding tert-OH is 10. The molecule has 3 saturated heterocycles. The fourth-order valence-corrected chi connectivity index (χ4v) is 5.85. The molecule has 3 amide bonds. The quantitative estimate of drug-likeness (QED) is 0.0788. The van der Waals surface area contributed by atoms with Crippen LogP contribution in [0.1, 0.15) is 20.3 Å². The van der Waals surface area contributed by atoms with E-state index in [1.54, 1.807) is 0 Å². The average Bonchev–Trinajstić information content (AvgIpc) is 3.06. The largest absolute Gasteiger partial charge is 0.477 e. The number of rotatable bonds is 14. The van der Waals surface area contributed by atoms with Gasteiger partial charge in [0.1, 0.15) is 73.6 Å². The lowest BCUT2D eigenvalue weighted by Crippen LogP contribution is -2.70. The number of ether oxygens (including phenoxy) is 5. The molecule has 16 atom stereocenters. The number of carboxylic acid groups (broad SMARTS) is 1. The van der Waals surface area contributed by atoms with Gasteiger partial charge in [-0.3, -0.25) is 14.4 Å². The van der Waals surface area contributed by atoms with Crippen LogP contribution in [-0.2, 0) is 42.9 Å². The molecule has 14 N–H and O–H groups in total. The Morgan fingerprint density at radius 3 is 2.00 bits per heavy atom. The van der Waals surface area contributed by atoms with Crippen LogP contribution >= 0.6 is 0 Å². The van der Waals surface area contributed by atoms with E-state index in [4.69, 9.17) is 28.8 Å². The van der Waals surface area contributed by atoms with Crippen molar-refractivity contribution in [3.63, 3.8) is 0 Å². The van der Waals surface area contributed by atoms with Crippen molar-refractivity contribution in [3.8, 4) is 0 Å². The first kappa shape index (κ1) is 41.7. The van der Waals surface area contributed by atoms with Crippen LogP contribution in [0.15, 0.2) is 0 Å². The molecular formula is C27H45N3O20. The molecule has 0 spiro atoms. The number of hydrogen-bond donors (Lipinski definition) is 14. The van der Waals surface area contributed by atoms with E-state index in [9.17, 15) is 70.2 Å². The van der Waals surface area contributed by atoms with Gasteiger partial charge >= 0.3 is 5.97 Å². The molecule has 23 nitrogen and oxygen atoms in total. The van der Waals surface area contributed by atoms with Gasteiger partial charge in [0, 0.05) is 20.3 Å². The number of carboxylic acids is 1. The summed E-state index contributed by atoms with van der Waals surface area (Å²) in [6.45, 7) is -1.90. The smallest absolute Gasteiger partial charge is 0.364 e. The number of aliphatic carboxylic acids is 1. The fourth-order valence-electron chi connectivity index (χ4n) is 5.85. The van der Waals surface area contributed by atoms with Gasteiger partial charge in [0.05, 0.1) is 32.0 Å². The summed E-state index contributed by atoms with van der Waals surface area (Å²) in [5.74, 6) is -7.41. The highest BCUT2D eigenvalue weighted by molar-refractivity contribution is 5.78. The maximum absolute atomic E-state index is 12.6. The molecule has 0 radical (unpaired) electrons. The van der Waals surface area contributed by atoms with Crippen molar-refractivity contribution < 1.29 is 99.0 Å². The van der Waals surface area contributed by atoms with E-state index in [2.05, 4.69) is 16.0 Å². The number of carbonyl (C=O) groups is 4. The number of hydrogen-bond acceptors (Lipinski definition) is 19. The van der Waals surface area contributed by atoms with Gasteiger partial charge in [-0.05, 0) is 0 Å². The first-order valence-corrected chi connectivity index (χ1v) is 15.3. The van der Waals surface area contributed by atoms with Crippen molar-refractivity contribution >= 4 is 23.7 Å². The lowest BCUT2D eigenvalue weighted by Gasteiger charge is -2.49. The van der Waals surface area contributed by atoms with Crippen molar-refractivity contribution in [1.82, 2.24) is 16.0 Å². The summed E-state index contributed by atoms with van der Waals surface area (Å²) < 4.78 is 27.7. The molecule has 3 aliphatic heterocycles. The van der Waals surface area contributed by atoms with Gasteiger partial charge in [-0.1, -0.05) is 0 Å². The number of carbonyl (C=O) groups excluding carboxylic acids is 3. The van der Waals surface area contributed by atoms with E-state index < -0.39 is 154 Å². The topological polar surface area (TPSA) is 373 Å². The zero-order chi connectivity index (χ0) is 37.7. The highest BCUT2D eigenvalue weighted by atomic mass is 16.7. The molecule has 0 aliphatic carbocycles. The summed E-state index contributed by atoms with van der Waals surface area (Å²) in [5.41, 5.74) is 0. The van der Waals surface area contributed by atoms with Crippen LogP contribution in [0.25, 0.3) is 0 Å². The minimum absolute atomic E-state index is 0.722. The zero-order valence-electron chi connectivity index (χ0n) is 26.8. The summed E-state index contributed by atoms with van der Waals surface area (Å²) in [5, 5.41) is 120. The molecule has 0 unspecified atom stereocenters. The average molecular weight is 732 g/mol. The second kappa shape index (κ2) is 17.7. The minimum atomic E-state index is -2.92. The van der Waals surface area contributed by atoms with Crippen LogP contribution in [0.5, 0.6) is 0 Å². The van der Waals surface area contributed by atoms with E-state index in [-0.39, 0.29) is 0 Å². The Balaban J connectivity index is 1.92. The minimum Gasteiger partial charge on any atom is -0.477 e. The molecule has 0 saturated carbocycles. The maximum Gasteiger partial charge on any atom is 0.364 e. The Labute approximate surface area is 283 Å². The number of amides is 3. The van der Waals surface area contributed by atoms with Gasteiger partial charge in [0.25, 0.3) is 5.79 Å². The third kappa shape index (κ3) is 9.38. The van der Waals surface area contributed by atoms with Gasteiger partial charge in [0.15, 0.2) is 12.6 Å². The SMILES string of the molecule is CC(=O)N[C@@H]1[C@@H](O[C@@H]2O[C@H](CO)[C@H](O)[C@H](O)[C@H]2NC(C)=O)[C@@H](O)[C@@H](CO[C@]2(C(=O)O)C[C@H](O)[C@@H](NC(=O)CO)[C@H]([C@H](O)[C@H](O)CO)O2)O[C@@H]1O. The summed E-state index contributed by atoms with van der Waals surface area (Å²) in [6, 6.07) is -4.79. The maximum atomic E-state index is 12.6. The zero-order valence-corrected chi connectivity index (χ0v) is 26.8. The molecular weight excluding hydrogens is 686 g/mol. The normalized spacial score (nSPS) is 40.3. The molecule has 3 fully saturated rings. The Bertz CT molecular complexity index is 1180. The predicted molar refractivity (Wildman–Crippen MR) is 155 cm³/mol. The van der Waals surface area contributed by atoms with Crippen molar-refractivity contribution in [3.05, 3.63) is 0 Å². The van der Waals surface area contributed by atoms with Crippen LogP contribution in [-0.4, -0.2) is 204 Å². The van der Waals surface area contributed by atoms with Gasteiger partial charge < -0.3 is 95.8 Å². The van der Waals surface area contributed by atoms with E-state index in [1.165, 1.54) is 0 Å². The third-order valence-corrected chi connectivity index (χ3v) is 8.37. The molecule has 3 rings (SSSR count). The molecule has 3 heterocycles. The Morgan fingerprint density at radius 1 is 0.840 bits per heavy atom. The Morgan fingerprint density at radius 2 is 1.46 bits per heavy atom. The first-order chi connectivity index (χ1) is 23.4. The van der Waals surface area contributed by atoms with E-state index in [0.29, 0.717) is 0 Å². The third-order valence-electron chi connectivity index (χ3n) is 8.37. The summed E-state index contributed by atoms with van der Waals surface area (Å²) in [6.07, 6.45) is -23.3. The second-order valence-electron chi connectivity index (χ2n) is 12.0. The van der Waals surface area contributed by atoms with E-state index in [0.717, 1.165) is 13.8 Å². The van der Waals surface area contributed by atoms with Crippen molar-refractivity contribution in [1.29, 1.82) is 0 Å². The van der Waals surface area contributed by atoms with E-state index in [1.807, 2.05) is 0 Å². The van der Waals surface area contributed by atoms with Gasteiger partial charge in [-0.2, -0.15) is 0 Å². The second-order valence-corrected chi connectivity index (χ2v) is 12.0. The monoisotopic (exact) mass is 731 g/mol. The van der Waals surface area contributed by atoms with E-state index >= 15 is 0 Å². The van der Waals surface area contributed by atoms with Crippen LogP contribution in [0.4, 0.5) is 0 Å². The van der Waals surface area contributed by atoms with Gasteiger partial charge in [0.2, 0.25) is 17.7 Å². The first-order valence-electron chi connectivity index (χ1n) is 15.3. The molecule has 3 aliphatic rings. The Hall–Kier alpha value is -2.72. The highest BCUT2D eigenvalue weighted by Crippen LogP contribution is 2.35. The van der Waals surface area contributed by atoms with Crippen LogP contribution in [0.2, 0.25) is 0 Å². The lowest BCUT2D eigenvalue weighted by molar-refractivity contribution is -0.342. The highest BCUT2D eigenvalue weighted by Gasteiger charge is 2.57. The molecule has 23 heteroatoms. The van der Waals surface area contributed by atoms with Crippen molar-refractivity contribution in [2.75, 3.05) is 26.4 Å². The summed E-state index contributed by atoms with van der Waals surface area (Å²) in [4.78, 5) is 48.3. The number of nitrogens with one attached hydrogen (secondary N) is 3. The standard InChI is InChI=1S/C27H45N3O20/c1-8(34)28-16-21(42)19(40)12(5-32)48-25(16)49-22-17(29-9(2)35)24(43)47-13(20(22)41)7-46-27(26(44)45)3-10(36)15(30-14(38)6-33)23(50-27)18(39)11(37)4-31/h10-13,15-25,31-33,36-37,39-43H,3-7H2,1-2H3,(H,28,34)(H,29,35)(H,30,38)(H,44,45)/t10-,11+,12+,13+,15+,16+,17+,18+,19-,20-,21+,22+,23+,24-,25-,27+/m0/s1. The Kier molecular flexibility index (Phi) is 14.7. The lowest BCUT2D eigenvalue weighted by atomic mass is 9.88. The van der Waals surface area contributed by atoms with Crippen LogP contribution in [0.3, 0.4) is 0 Å². The number of aliphatic hydroxyl groups is 10. The van der Waals surface area contributed by atoms with Crippen LogP contribution < -0.4 is 16.0 Å². The summed E-state index contributed by atoms with van der Waals surface area (Å²) >= 11 is 0. The van der Waals surface area contributed by atoms with Crippen molar-refractivity contribution in [2.45, 2.75) is 118 Å². The van der Waals surface area contributed by atoms with Gasteiger partial charge in [-0.25, -0.2) is 4.79 Å². The molecule has 0 aromatic heterocycles. The summed E-state index contributed by atoms with van der Waals surface area (Å²) in [7, 11) is 0. The predicted octanol–water partition coefficient (Wildman–Crippen LogP) is -8.96. The molecule has 288 valence electrons. The molecule has 50 heavy (non-hydrogen) atoms.